The summed E-state index contributed by atoms with van der Waals surface area (Å²) in [4.78, 5) is 2.40. The van der Waals surface area contributed by atoms with Gasteiger partial charge in [0, 0.05) is 23.0 Å². The van der Waals surface area contributed by atoms with Gasteiger partial charge in [0.15, 0.2) is 0 Å². The van der Waals surface area contributed by atoms with E-state index in [4.69, 9.17) is 0 Å². The molecule has 0 unspecified atom stereocenters. The molecule has 0 amide bonds. The Balaban J connectivity index is 1.26. The lowest BCUT2D eigenvalue weighted by atomic mass is 9.65. The molecule has 0 fully saturated rings. The Morgan fingerprint density at radius 3 is 1.16 bits per heavy atom. The van der Waals surface area contributed by atoms with Crippen LogP contribution in [0.4, 0.5) is 17.1 Å². The Morgan fingerprint density at radius 1 is 0.263 bits per heavy atom. The first-order valence-electron chi connectivity index (χ1n) is 19.9. The van der Waals surface area contributed by atoms with Crippen molar-refractivity contribution in [3.8, 4) is 33.4 Å². The number of hydrogen-bond donors (Lipinski definition) is 0. The van der Waals surface area contributed by atoms with Crippen molar-refractivity contribution in [1.82, 2.24) is 0 Å². The van der Waals surface area contributed by atoms with Crippen LogP contribution in [0.25, 0.3) is 33.4 Å². The van der Waals surface area contributed by atoms with Gasteiger partial charge in [0.05, 0.1) is 5.41 Å². The summed E-state index contributed by atoms with van der Waals surface area (Å²) in [6.07, 6.45) is 0. The third-order valence-corrected chi connectivity index (χ3v) is 12.2. The summed E-state index contributed by atoms with van der Waals surface area (Å²) in [5.41, 5.74) is 19.4. The molecule has 0 saturated carbocycles. The van der Waals surface area contributed by atoms with Crippen LogP contribution in [-0.4, -0.2) is 0 Å². The first-order valence-corrected chi connectivity index (χ1v) is 19.9. The Kier molecular flexibility index (Phi) is 7.86. The molecule has 9 aromatic carbocycles. The molecule has 0 heterocycles. The molecule has 0 aromatic heterocycles. The molecule has 57 heavy (non-hydrogen) atoms. The Hall–Kier alpha value is -7.22. The topological polar surface area (TPSA) is 3.24 Å². The SMILES string of the molecule is c1ccc(C(c2ccccc2)c2ccc3c(c2)C2(c4ccccc4-c4ccccc4-c4ccccc42)c2cc(N(c4ccccc4)c4ccccc4)ccc2-3)cc1. The molecule has 1 spiro atoms. The molecule has 0 bridgehead atoms. The number of benzene rings is 9. The van der Waals surface area contributed by atoms with E-state index in [1.165, 1.54) is 72.3 Å². The molecule has 0 aliphatic heterocycles. The smallest absolute Gasteiger partial charge is 0.0726 e. The molecule has 1 nitrogen and oxygen atoms in total. The van der Waals surface area contributed by atoms with Crippen LogP contribution in [0.3, 0.4) is 0 Å². The van der Waals surface area contributed by atoms with E-state index in [9.17, 15) is 0 Å². The van der Waals surface area contributed by atoms with Gasteiger partial charge in [0.2, 0.25) is 0 Å². The van der Waals surface area contributed by atoms with Gasteiger partial charge in [-0.25, -0.2) is 0 Å². The summed E-state index contributed by atoms with van der Waals surface area (Å²) in [7, 11) is 0. The van der Waals surface area contributed by atoms with Crippen LogP contribution >= 0.6 is 0 Å². The van der Waals surface area contributed by atoms with Crippen molar-refractivity contribution in [3.63, 3.8) is 0 Å². The molecule has 2 aliphatic carbocycles. The minimum Gasteiger partial charge on any atom is -0.310 e. The minimum atomic E-state index is -0.625. The molecule has 0 saturated heterocycles. The van der Waals surface area contributed by atoms with Crippen LogP contribution in [0.1, 0.15) is 44.9 Å². The van der Waals surface area contributed by atoms with Gasteiger partial charge in [-0.1, -0.05) is 194 Å². The Bertz CT molecular complexity index is 2620. The first kappa shape index (κ1) is 33.1. The number of hydrogen-bond acceptors (Lipinski definition) is 1. The molecular formula is C56H39N. The highest BCUT2D eigenvalue weighted by Crippen LogP contribution is 2.62. The highest BCUT2D eigenvalue weighted by molar-refractivity contribution is 5.98. The fourth-order valence-electron chi connectivity index (χ4n) is 9.89. The average Bonchev–Trinajstić information content (AvgIpc) is 3.51. The van der Waals surface area contributed by atoms with Crippen LogP contribution in [0, 0.1) is 0 Å². The molecule has 9 aromatic rings. The number of nitrogens with zero attached hydrogens (tertiary/aromatic N) is 1. The van der Waals surface area contributed by atoms with Crippen molar-refractivity contribution in [2.75, 3.05) is 4.90 Å². The van der Waals surface area contributed by atoms with Gasteiger partial charge in [-0.05, 0) is 109 Å². The number of anilines is 3. The standard InChI is InChI=1S/C56H39N/c1-5-19-39(20-6-1)55(40-21-7-2-8-22-40)41-33-35-49-50-36-34-44(57(42-23-9-3-10-24-42)43-25-11-4-12-26-43)38-54(50)56(53(49)37-41)51-31-17-15-29-47(51)45-27-13-14-28-46(45)48-30-16-18-32-52(48)56/h1-38,55H. The van der Waals surface area contributed by atoms with E-state index in [1.807, 2.05) is 0 Å². The van der Waals surface area contributed by atoms with E-state index < -0.39 is 5.41 Å². The van der Waals surface area contributed by atoms with Crippen LogP contribution in [0.2, 0.25) is 0 Å². The third kappa shape index (κ3) is 5.16. The lowest BCUT2D eigenvalue weighted by molar-refractivity contribution is 0.772. The number of rotatable bonds is 6. The van der Waals surface area contributed by atoms with Crippen LogP contribution in [0.5, 0.6) is 0 Å². The lowest BCUT2D eigenvalue weighted by Crippen LogP contribution is -2.30. The number of para-hydroxylation sites is 2. The lowest BCUT2D eigenvalue weighted by Gasteiger charge is -2.36. The molecule has 1 heteroatoms. The molecule has 2 aliphatic rings. The zero-order chi connectivity index (χ0) is 37.8. The van der Waals surface area contributed by atoms with Gasteiger partial charge in [-0.15, -0.1) is 0 Å². The average molecular weight is 726 g/mol. The van der Waals surface area contributed by atoms with Gasteiger partial charge in [0.1, 0.15) is 0 Å². The predicted octanol–water partition coefficient (Wildman–Crippen LogP) is 14.3. The summed E-state index contributed by atoms with van der Waals surface area (Å²) in [6, 6.07) is 85.3. The van der Waals surface area contributed by atoms with E-state index in [2.05, 4.69) is 235 Å². The van der Waals surface area contributed by atoms with E-state index in [1.54, 1.807) is 0 Å². The van der Waals surface area contributed by atoms with Gasteiger partial charge in [-0.3, -0.25) is 0 Å². The van der Waals surface area contributed by atoms with Gasteiger partial charge in [-0.2, -0.15) is 0 Å². The molecule has 268 valence electrons. The van der Waals surface area contributed by atoms with Crippen molar-refractivity contribution in [2.45, 2.75) is 11.3 Å². The third-order valence-electron chi connectivity index (χ3n) is 12.2. The Labute approximate surface area is 334 Å². The maximum Gasteiger partial charge on any atom is 0.0726 e. The fraction of sp³-hybridized carbons (Fsp3) is 0.0357. The van der Waals surface area contributed by atoms with Crippen molar-refractivity contribution >= 4 is 17.1 Å². The second kappa shape index (κ2) is 13.5. The van der Waals surface area contributed by atoms with Crippen molar-refractivity contribution < 1.29 is 0 Å². The van der Waals surface area contributed by atoms with Crippen molar-refractivity contribution in [3.05, 3.63) is 269 Å². The van der Waals surface area contributed by atoms with Crippen LogP contribution < -0.4 is 4.90 Å². The second-order valence-electron chi connectivity index (χ2n) is 15.2. The van der Waals surface area contributed by atoms with Gasteiger partial charge in [0.25, 0.3) is 0 Å². The maximum absolute atomic E-state index is 2.55. The summed E-state index contributed by atoms with van der Waals surface area (Å²) in [6.45, 7) is 0. The molecular weight excluding hydrogens is 687 g/mol. The van der Waals surface area contributed by atoms with E-state index >= 15 is 0 Å². The van der Waals surface area contributed by atoms with Crippen molar-refractivity contribution in [1.29, 1.82) is 0 Å². The molecule has 0 atom stereocenters. The van der Waals surface area contributed by atoms with E-state index in [-0.39, 0.29) is 5.92 Å². The first-order chi connectivity index (χ1) is 28.3. The van der Waals surface area contributed by atoms with E-state index in [0.717, 1.165) is 17.1 Å². The van der Waals surface area contributed by atoms with Gasteiger partial charge < -0.3 is 4.90 Å². The quantitative estimate of drug-likeness (QED) is 0.154. The Morgan fingerprint density at radius 2 is 0.649 bits per heavy atom. The summed E-state index contributed by atoms with van der Waals surface area (Å²) < 4.78 is 0. The highest BCUT2D eigenvalue weighted by atomic mass is 15.1. The fourth-order valence-corrected chi connectivity index (χ4v) is 9.89. The molecule has 0 N–H and O–H groups in total. The minimum absolute atomic E-state index is 0.0640. The van der Waals surface area contributed by atoms with Crippen LogP contribution in [-0.2, 0) is 5.41 Å². The zero-order valence-electron chi connectivity index (χ0n) is 31.5. The summed E-state index contributed by atoms with van der Waals surface area (Å²) in [5.74, 6) is 0.0640. The normalized spacial score (nSPS) is 12.9. The second-order valence-corrected chi connectivity index (χ2v) is 15.2. The zero-order valence-corrected chi connectivity index (χ0v) is 31.5. The summed E-state index contributed by atoms with van der Waals surface area (Å²) in [5, 5.41) is 0. The van der Waals surface area contributed by atoms with E-state index in [0.29, 0.717) is 0 Å². The van der Waals surface area contributed by atoms with Gasteiger partial charge >= 0.3 is 0 Å². The van der Waals surface area contributed by atoms with Crippen molar-refractivity contribution in [2.24, 2.45) is 0 Å². The maximum atomic E-state index is 2.55. The highest BCUT2D eigenvalue weighted by Gasteiger charge is 2.50. The molecule has 11 rings (SSSR count). The largest absolute Gasteiger partial charge is 0.310 e. The summed E-state index contributed by atoms with van der Waals surface area (Å²) >= 11 is 0. The predicted molar refractivity (Wildman–Crippen MR) is 237 cm³/mol. The number of fused-ring (bicyclic) bond motifs is 12. The van der Waals surface area contributed by atoms with Crippen LogP contribution in [0.15, 0.2) is 231 Å². The monoisotopic (exact) mass is 725 g/mol. The molecule has 0 radical (unpaired) electrons.